The number of amides is 1. The van der Waals surface area contributed by atoms with Crippen LogP contribution in [0.5, 0.6) is 0 Å². The lowest BCUT2D eigenvalue weighted by Crippen LogP contribution is -2.42. The van der Waals surface area contributed by atoms with E-state index in [2.05, 4.69) is 9.97 Å². The summed E-state index contributed by atoms with van der Waals surface area (Å²) in [6.07, 6.45) is 1.35. The lowest BCUT2D eigenvalue weighted by atomic mass is 9.97. The maximum Gasteiger partial charge on any atom is 0.308 e. The molecule has 6 nitrogen and oxygen atoms in total. The van der Waals surface area contributed by atoms with E-state index >= 15 is 0 Å². The molecule has 1 aliphatic heterocycles. The summed E-state index contributed by atoms with van der Waals surface area (Å²) in [4.78, 5) is 33.9. The lowest BCUT2D eigenvalue weighted by molar-refractivity contribution is -0.143. The zero-order chi connectivity index (χ0) is 19.5. The van der Waals surface area contributed by atoms with Crippen molar-refractivity contribution in [1.82, 2.24) is 14.9 Å². The Morgan fingerprint density at radius 1 is 1.18 bits per heavy atom. The number of nitrogens with zero attached hydrogens (tertiary/aromatic N) is 2. The van der Waals surface area contributed by atoms with Crippen molar-refractivity contribution in [3.05, 3.63) is 59.7 Å². The van der Waals surface area contributed by atoms with Gasteiger partial charge in [0.05, 0.1) is 17.0 Å². The molecule has 0 bridgehead atoms. The number of para-hydroxylation sites is 2. The molecule has 1 fully saturated rings. The van der Waals surface area contributed by atoms with Gasteiger partial charge in [0.2, 0.25) is 0 Å². The summed E-state index contributed by atoms with van der Waals surface area (Å²) in [5.41, 5.74) is 3.47. The predicted molar refractivity (Wildman–Crippen MR) is 108 cm³/mol. The molecule has 1 atom stereocenters. The Bertz CT molecular complexity index is 984. The molecule has 0 saturated carbocycles. The van der Waals surface area contributed by atoms with Crippen molar-refractivity contribution < 1.29 is 14.7 Å². The van der Waals surface area contributed by atoms with Gasteiger partial charge in [-0.2, -0.15) is 0 Å². The van der Waals surface area contributed by atoms with Crippen LogP contribution in [-0.4, -0.2) is 44.9 Å². The lowest BCUT2D eigenvalue weighted by Gasteiger charge is -2.31. The molecule has 144 valence electrons. The molecule has 0 spiro atoms. The SMILES string of the molecule is O=C(O)C1CCCN(C(=O)c2ccccc2CSc2nc3ccccc3[nH]2)C1. The van der Waals surface area contributed by atoms with E-state index in [0.29, 0.717) is 24.3 Å². The summed E-state index contributed by atoms with van der Waals surface area (Å²) >= 11 is 1.55. The Labute approximate surface area is 167 Å². The number of aromatic amines is 1. The number of aromatic nitrogens is 2. The number of piperidine rings is 1. The molecule has 1 aliphatic rings. The highest BCUT2D eigenvalue weighted by Gasteiger charge is 2.29. The average molecular weight is 395 g/mol. The van der Waals surface area contributed by atoms with Crippen LogP contribution in [0.3, 0.4) is 0 Å². The van der Waals surface area contributed by atoms with Crippen LogP contribution in [0.4, 0.5) is 0 Å². The highest BCUT2D eigenvalue weighted by atomic mass is 32.2. The minimum Gasteiger partial charge on any atom is -0.481 e. The fourth-order valence-electron chi connectivity index (χ4n) is 3.53. The molecule has 1 saturated heterocycles. The zero-order valence-corrected chi connectivity index (χ0v) is 16.1. The van der Waals surface area contributed by atoms with Crippen molar-refractivity contribution >= 4 is 34.7 Å². The molecular weight excluding hydrogens is 374 g/mol. The normalized spacial score (nSPS) is 17.0. The summed E-state index contributed by atoms with van der Waals surface area (Å²) in [5, 5.41) is 10.1. The highest BCUT2D eigenvalue weighted by Crippen LogP contribution is 2.26. The number of thioether (sulfide) groups is 1. The highest BCUT2D eigenvalue weighted by molar-refractivity contribution is 7.98. The minimum atomic E-state index is -0.828. The number of fused-ring (bicyclic) bond motifs is 1. The van der Waals surface area contributed by atoms with E-state index in [1.54, 1.807) is 16.7 Å². The standard InChI is InChI=1S/C21H21N3O3S/c25-19(24-11-5-7-14(12-24)20(26)27)16-8-2-1-6-15(16)13-28-21-22-17-9-3-4-10-18(17)23-21/h1-4,6,8-10,14H,5,7,11-13H2,(H,22,23)(H,26,27). The van der Waals surface area contributed by atoms with Gasteiger partial charge in [0, 0.05) is 24.4 Å². The smallest absolute Gasteiger partial charge is 0.308 e. The van der Waals surface area contributed by atoms with Crippen molar-refractivity contribution in [2.75, 3.05) is 13.1 Å². The molecule has 1 amide bonds. The van der Waals surface area contributed by atoms with E-state index < -0.39 is 11.9 Å². The summed E-state index contributed by atoms with van der Waals surface area (Å²) in [7, 11) is 0. The maximum atomic E-state index is 13.0. The number of carboxylic acid groups (broad SMARTS) is 1. The molecule has 2 aromatic carbocycles. The molecule has 1 aromatic heterocycles. The number of aliphatic carboxylic acids is 1. The van der Waals surface area contributed by atoms with Crippen molar-refractivity contribution in [2.45, 2.75) is 23.8 Å². The number of carboxylic acids is 1. The Morgan fingerprint density at radius 2 is 1.96 bits per heavy atom. The molecule has 4 rings (SSSR count). The molecule has 28 heavy (non-hydrogen) atoms. The molecule has 0 aliphatic carbocycles. The van der Waals surface area contributed by atoms with Crippen molar-refractivity contribution in [1.29, 1.82) is 0 Å². The van der Waals surface area contributed by atoms with Crippen LogP contribution in [0.1, 0.15) is 28.8 Å². The molecular formula is C21H21N3O3S. The van der Waals surface area contributed by atoms with Gasteiger partial charge in [-0.15, -0.1) is 0 Å². The largest absolute Gasteiger partial charge is 0.481 e. The Balaban J connectivity index is 1.50. The van der Waals surface area contributed by atoms with Crippen LogP contribution in [0.25, 0.3) is 11.0 Å². The summed E-state index contributed by atoms with van der Waals surface area (Å²) in [6.45, 7) is 0.882. The number of H-pyrrole nitrogens is 1. The van der Waals surface area contributed by atoms with Crippen LogP contribution in [0, 0.1) is 5.92 Å². The molecule has 0 radical (unpaired) electrons. The second-order valence-electron chi connectivity index (χ2n) is 6.93. The average Bonchev–Trinajstić information content (AvgIpc) is 3.15. The van der Waals surface area contributed by atoms with E-state index in [9.17, 15) is 14.7 Å². The van der Waals surface area contributed by atoms with E-state index in [-0.39, 0.29) is 12.5 Å². The zero-order valence-electron chi connectivity index (χ0n) is 15.3. The third kappa shape index (κ3) is 3.89. The van der Waals surface area contributed by atoms with Crippen molar-refractivity contribution in [3.8, 4) is 0 Å². The molecule has 1 unspecified atom stereocenters. The second-order valence-corrected chi connectivity index (χ2v) is 7.90. The number of carbonyl (C=O) groups excluding carboxylic acids is 1. The monoisotopic (exact) mass is 395 g/mol. The third-order valence-corrected chi connectivity index (χ3v) is 5.96. The maximum absolute atomic E-state index is 13.0. The molecule has 3 aromatic rings. The fourth-order valence-corrected chi connectivity index (χ4v) is 4.42. The molecule has 2 heterocycles. The van der Waals surface area contributed by atoms with E-state index in [1.165, 1.54) is 0 Å². The number of carbonyl (C=O) groups is 2. The van der Waals surface area contributed by atoms with Gasteiger partial charge >= 0.3 is 5.97 Å². The summed E-state index contributed by atoms with van der Waals surface area (Å²) < 4.78 is 0. The van der Waals surface area contributed by atoms with E-state index in [0.717, 1.165) is 28.2 Å². The second kappa shape index (κ2) is 8.06. The van der Waals surface area contributed by atoms with Gasteiger partial charge in [-0.3, -0.25) is 9.59 Å². The van der Waals surface area contributed by atoms with Crippen LogP contribution in [-0.2, 0) is 10.5 Å². The van der Waals surface area contributed by atoms with Crippen LogP contribution in [0.2, 0.25) is 0 Å². The molecule has 7 heteroatoms. The van der Waals surface area contributed by atoms with Crippen LogP contribution in [0.15, 0.2) is 53.7 Å². The topological polar surface area (TPSA) is 86.3 Å². The summed E-state index contributed by atoms with van der Waals surface area (Å²) in [6, 6.07) is 15.4. The van der Waals surface area contributed by atoms with Gasteiger partial charge in [0.1, 0.15) is 0 Å². The number of benzene rings is 2. The number of hydrogen-bond donors (Lipinski definition) is 2. The van der Waals surface area contributed by atoms with Gasteiger partial charge in [-0.1, -0.05) is 42.1 Å². The summed E-state index contributed by atoms with van der Waals surface area (Å²) in [5.74, 6) is -0.787. The Morgan fingerprint density at radius 3 is 2.79 bits per heavy atom. The minimum absolute atomic E-state index is 0.0910. The number of nitrogens with one attached hydrogen (secondary N) is 1. The van der Waals surface area contributed by atoms with Crippen LogP contribution >= 0.6 is 11.8 Å². The number of rotatable bonds is 5. The first kappa shape index (κ1) is 18.6. The quantitative estimate of drug-likeness (QED) is 0.642. The van der Waals surface area contributed by atoms with E-state index in [1.807, 2.05) is 48.5 Å². The van der Waals surface area contributed by atoms with Crippen molar-refractivity contribution in [2.24, 2.45) is 5.92 Å². The number of hydrogen-bond acceptors (Lipinski definition) is 4. The van der Waals surface area contributed by atoms with Gasteiger partial charge in [0.15, 0.2) is 5.16 Å². The fraction of sp³-hybridized carbons (Fsp3) is 0.286. The first-order chi connectivity index (χ1) is 13.6. The van der Waals surface area contributed by atoms with Crippen molar-refractivity contribution in [3.63, 3.8) is 0 Å². The first-order valence-corrected chi connectivity index (χ1v) is 10.3. The molecule has 2 N–H and O–H groups in total. The van der Waals surface area contributed by atoms with E-state index in [4.69, 9.17) is 0 Å². The first-order valence-electron chi connectivity index (χ1n) is 9.29. The Hall–Kier alpha value is -2.80. The Kier molecular flexibility index (Phi) is 5.34. The van der Waals surface area contributed by atoms with Gasteiger partial charge in [-0.05, 0) is 36.6 Å². The number of imidazole rings is 1. The predicted octanol–water partition coefficient (Wildman–Crippen LogP) is 3.79. The van der Waals surface area contributed by atoms with Crippen LogP contribution < -0.4 is 0 Å². The third-order valence-electron chi connectivity index (χ3n) is 5.04. The number of likely N-dealkylation sites (tertiary alicyclic amines) is 1. The van der Waals surface area contributed by atoms with Gasteiger partial charge in [0.25, 0.3) is 5.91 Å². The van der Waals surface area contributed by atoms with Gasteiger partial charge in [-0.25, -0.2) is 4.98 Å². The van der Waals surface area contributed by atoms with Gasteiger partial charge < -0.3 is 15.0 Å².